The second-order valence-electron chi connectivity index (χ2n) is 1.23. The summed E-state index contributed by atoms with van der Waals surface area (Å²) in [5.41, 5.74) is 0. The lowest BCUT2D eigenvalue weighted by Crippen LogP contribution is -2.38. The first-order valence-corrected chi connectivity index (χ1v) is 4.43. The van der Waals surface area contributed by atoms with Crippen molar-refractivity contribution in [3.05, 3.63) is 0 Å². The molecule has 0 unspecified atom stereocenters. The highest BCUT2D eigenvalue weighted by Crippen LogP contribution is 2.20. The van der Waals surface area contributed by atoms with Crippen LogP contribution in [0.4, 0.5) is 4.79 Å². The van der Waals surface area contributed by atoms with E-state index in [9.17, 15) is 21.6 Å². The molecule has 0 N–H and O–H groups in total. The Morgan fingerprint density at radius 2 is 1.33 bits per heavy atom. The number of carbonyl (C=O) groups is 1. The molecule has 0 aromatic heterocycles. The summed E-state index contributed by atoms with van der Waals surface area (Å²) >= 11 is 0. The van der Waals surface area contributed by atoms with Gasteiger partial charge in [-0.15, -0.1) is 3.63 Å². The van der Waals surface area contributed by atoms with Crippen molar-refractivity contribution in [2.45, 2.75) is 0 Å². The van der Waals surface area contributed by atoms with E-state index in [1.807, 2.05) is 0 Å². The van der Waals surface area contributed by atoms with E-state index in [-0.39, 0.29) is 0 Å². The molecule has 1 aliphatic heterocycles. The Labute approximate surface area is 50.7 Å². The summed E-state index contributed by atoms with van der Waals surface area (Å²) in [5.74, 6) is 0. The minimum absolute atomic E-state index is 1.87. The summed E-state index contributed by atoms with van der Waals surface area (Å²) in [7, 11) is -8.79. The minimum Gasteiger partial charge on any atom is -0.258 e. The fraction of sp³-hybridized carbons (Fsp3) is 0. The van der Waals surface area contributed by atoms with Gasteiger partial charge >= 0.3 is 24.7 Å². The van der Waals surface area contributed by atoms with E-state index in [2.05, 4.69) is 3.63 Å². The fourth-order valence-electron chi connectivity index (χ4n) is 0.274. The zero-order valence-electron chi connectivity index (χ0n) is 3.77. The van der Waals surface area contributed by atoms with Gasteiger partial charge in [0.1, 0.15) is 0 Å². The van der Waals surface area contributed by atoms with Crippen molar-refractivity contribution in [3.8, 4) is 0 Å². The van der Waals surface area contributed by atoms with Crippen LogP contribution < -0.4 is 0 Å². The van der Waals surface area contributed by atoms with Crippen LogP contribution in [0.5, 0.6) is 0 Å². The second-order valence-corrected chi connectivity index (χ2v) is 4.59. The molecular formula is CO6S2. The van der Waals surface area contributed by atoms with Crippen molar-refractivity contribution in [1.29, 1.82) is 0 Å². The van der Waals surface area contributed by atoms with Crippen molar-refractivity contribution < 1.29 is 25.3 Å². The van der Waals surface area contributed by atoms with Crippen molar-refractivity contribution in [1.82, 2.24) is 0 Å². The molecule has 0 atom stereocenters. The van der Waals surface area contributed by atoms with Gasteiger partial charge in [-0.3, -0.25) is 4.79 Å². The summed E-state index contributed by atoms with van der Waals surface area (Å²) in [6.45, 7) is 0. The van der Waals surface area contributed by atoms with Crippen LogP contribution in [0, 0.1) is 0 Å². The molecule has 0 bridgehead atoms. The highest BCUT2D eigenvalue weighted by molar-refractivity contribution is 8.38. The summed E-state index contributed by atoms with van der Waals surface area (Å²) in [6.07, 6.45) is 0. The Balaban J connectivity index is 3.31. The average molecular weight is 172 g/mol. The molecule has 1 saturated heterocycles. The van der Waals surface area contributed by atoms with Crippen molar-refractivity contribution >= 4 is 24.7 Å². The number of hydrogen-bond donors (Lipinski definition) is 0. The van der Waals surface area contributed by atoms with Gasteiger partial charge in [0.25, 0.3) is 0 Å². The van der Waals surface area contributed by atoms with E-state index in [0.717, 1.165) is 0 Å². The van der Waals surface area contributed by atoms with E-state index in [0.29, 0.717) is 0 Å². The molecule has 1 fully saturated rings. The summed E-state index contributed by atoms with van der Waals surface area (Å²) in [6, 6.07) is 0. The lowest BCUT2D eigenvalue weighted by Gasteiger charge is -2.08. The molecule has 1 aliphatic rings. The molecule has 9 heavy (non-hydrogen) atoms. The van der Waals surface area contributed by atoms with Crippen LogP contribution >= 0.6 is 0 Å². The van der Waals surface area contributed by atoms with Crippen molar-refractivity contribution in [2.75, 3.05) is 0 Å². The third-order valence-corrected chi connectivity index (χ3v) is 4.06. The molecule has 0 saturated carbocycles. The first kappa shape index (κ1) is 6.65. The molecule has 6 nitrogen and oxygen atoms in total. The summed E-state index contributed by atoms with van der Waals surface area (Å²) < 4.78 is 40.9. The van der Waals surface area contributed by atoms with E-state index in [1.54, 1.807) is 0 Å². The Morgan fingerprint density at radius 3 is 1.33 bits per heavy atom. The van der Waals surface area contributed by atoms with Gasteiger partial charge in [0.15, 0.2) is 0 Å². The van der Waals surface area contributed by atoms with E-state index < -0.39 is 24.7 Å². The number of hydrogen-bond acceptors (Lipinski definition) is 6. The van der Waals surface area contributed by atoms with Crippen molar-refractivity contribution in [3.63, 3.8) is 0 Å². The van der Waals surface area contributed by atoms with Crippen molar-refractivity contribution in [2.24, 2.45) is 0 Å². The maximum atomic E-state index is 9.90. The Kier molecular flexibility index (Phi) is 0.983. The van der Waals surface area contributed by atoms with Gasteiger partial charge in [0.05, 0.1) is 0 Å². The quantitative estimate of drug-likeness (QED) is 0.455. The molecule has 0 spiro atoms. The Bertz CT molecular complexity index is 307. The zero-order chi connectivity index (χ0) is 7.28. The van der Waals surface area contributed by atoms with E-state index >= 15 is 0 Å². The molecule has 8 heteroatoms. The number of rotatable bonds is 0. The average Bonchev–Trinajstić information content (AvgIpc) is 1.63. The van der Waals surface area contributed by atoms with Crippen LogP contribution in [0.25, 0.3) is 0 Å². The van der Waals surface area contributed by atoms with Gasteiger partial charge < -0.3 is 0 Å². The van der Waals surface area contributed by atoms with E-state index in [4.69, 9.17) is 0 Å². The molecular weight excluding hydrogens is 172 g/mol. The van der Waals surface area contributed by atoms with Gasteiger partial charge in [0, 0.05) is 0 Å². The molecule has 0 aromatic rings. The maximum absolute atomic E-state index is 9.90. The normalized spacial score (nSPS) is 29.1. The van der Waals surface area contributed by atoms with Gasteiger partial charge in [-0.2, -0.15) is 16.8 Å². The van der Waals surface area contributed by atoms with Gasteiger partial charge in [-0.1, -0.05) is 0 Å². The standard InChI is InChI=1S/CO6S2/c2-1-8(3,4)7-9(1,5)6. The maximum Gasteiger partial charge on any atom is 0.415 e. The highest BCUT2D eigenvalue weighted by atomic mass is 32.4. The van der Waals surface area contributed by atoms with Crippen LogP contribution in [0.2, 0.25) is 0 Å². The van der Waals surface area contributed by atoms with E-state index in [1.165, 1.54) is 0 Å². The molecule has 1 heterocycles. The van der Waals surface area contributed by atoms with Crippen LogP contribution in [-0.4, -0.2) is 21.3 Å². The third kappa shape index (κ3) is 0.749. The smallest absolute Gasteiger partial charge is 0.258 e. The van der Waals surface area contributed by atoms with Crippen LogP contribution in [0.3, 0.4) is 0 Å². The second kappa shape index (κ2) is 1.33. The lowest BCUT2D eigenvalue weighted by molar-refractivity contribution is 0.264. The predicted octanol–water partition coefficient (Wildman–Crippen LogP) is -1.20. The lowest BCUT2D eigenvalue weighted by atomic mass is 11.8. The Hall–Kier alpha value is -0.470. The number of carbonyl (C=O) groups excluding carboxylic acids is 1. The van der Waals surface area contributed by atoms with Crippen LogP contribution in [0.1, 0.15) is 0 Å². The molecule has 1 rings (SSSR count). The fourth-order valence-corrected chi connectivity index (χ4v) is 2.46. The summed E-state index contributed by atoms with van der Waals surface area (Å²) in [5, 5.41) is 0. The first-order valence-electron chi connectivity index (χ1n) is 1.61. The SMILES string of the molecule is O=C1S(=O)(=O)OS1(=O)=O. The van der Waals surface area contributed by atoms with Crippen LogP contribution in [-0.2, 0) is 23.9 Å². The molecule has 0 aromatic carbocycles. The third-order valence-electron chi connectivity index (χ3n) is 0.587. The largest absolute Gasteiger partial charge is 0.415 e. The first-order chi connectivity index (χ1) is 3.86. The minimum atomic E-state index is -4.39. The molecule has 52 valence electrons. The zero-order valence-corrected chi connectivity index (χ0v) is 5.40. The highest BCUT2D eigenvalue weighted by Gasteiger charge is 2.53. The van der Waals surface area contributed by atoms with Gasteiger partial charge in [-0.05, 0) is 0 Å². The van der Waals surface area contributed by atoms with Gasteiger partial charge in [-0.25, -0.2) is 0 Å². The summed E-state index contributed by atoms with van der Waals surface area (Å²) in [4.78, 5) is 9.90. The Morgan fingerprint density at radius 1 is 1.00 bits per heavy atom. The molecule has 0 radical (unpaired) electrons. The van der Waals surface area contributed by atoms with Crippen LogP contribution in [0.15, 0.2) is 0 Å². The molecule has 0 aliphatic carbocycles. The van der Waals surface area contributed by atoms with Gasteiger partial charge in [0.2, 0.25) is 0 Å². The monoisotopic (exact) mass is 172 g/mol. The molecule has 0 amide bonds. The predicted molar refractivity (Wildman–Crippen MR) is 24.3 cm³/mol. The topological polar surface area (TPSA) is 94.6 Å².